The molecule has 3 aromatic rings. The highest BCUT2D eigenvalue weighted by molar-refractivity contribution is 5.78. The molecule has 5 nitrogen and oxygen atoms in total. The Morgan fingerprint density at radius 3 is 2.66 bits per heavy atom. The Kier molecular flexibility index (Phi) is 9.14. The normalized spacial score (nSPS) is 11.2. The SMILES string of the molecule is CCC(CC)C(=O)NCCCCCc1nc2ccccc2n1CCOc1cccc(C)c1. The zero-order valence-corrected chi connectivity index (χ0v) is 19.8. The van der Waals surface area contributed by atoms with Crippen LogP contribution in [0.25, 0.3) is 11.0 Å². The molecule has 0 fully saturated rings. The molecule has 0 aliphatic carbocycles. The standard InChI is InChI=1S/C27H37N3O2/c1-4-22(5-2)27(31)28-17-10-6-7-16-26-29-24-14-8-9-15-25(24)30(26)18-19-32-23-13-11-12-21(3)20-23/h8-9,11-15,20,22H,4-7,10,16-19H2,1-3H3,(H,28,31). The first-order valence-electron chi connectivity index (χ1n) is 12.0. The lowest BCUT2D eigenvalue weighted by atomic mass is 10.0. The lowest BCUT2D eigenvalue weighted by Gasteiger charge is -2.13. The molecule has 172 valence electrons. The zero-order chi connectivity index (χ0) is 22.8. The number of carbonyl (C=O) groups is 1. The smallest absolute Gasteiger partial charge is 0.223 e. The van der Waals surface area contributed by atoms with Gasteiger partial charge in [0.1, 0.15) is 18.2 Å². The lowest BCUT2D eigenvalue weighted by molar-refractivity contribution is -0.125. The molecule has 1 heterocycles. The van der Waals surface area contributed by atoms with Gasteiger partial charge in [-0.2, -0.15) is 0 Å². The van der Waals surface area contributed by atoms with Gasteiger partial charge in [-0.3, -0.25) is 4.79 Å². The molecule has 0 bridgehead atoms. The van der Waals surface area contributed by atoms with E-state index in [0.29, 0.717) is 6.61 Å². The summed E-state index contributed by atoms with van der Waals surface area (Å²) in [6, 6.07) is 16.5. The van der Waals surface area contributed by atoms with Crippen LogP contribution in [-0.4, -0.2) is 28.6 Å². The van der Waals surface area contributed by atoms with Crippen LogP contribution in [0.4, 0.5) is 0 Å². The fourth-order valence-corrected chi connectivity index (χ4v) is 4.13. The number of para-hydroxylation sites is 2. The van der Waals surface area contributed by atoms with Crippen LogP contribution < -0.4 is 10.1 Å². The maximum absolute atomic E-state index is 12.1. The van der Waals surface area contributed by atoms with Crippen LogP contribution >= 0.6 is 0 Å². The summed E-state index contributed by atoms with van der Waals surface area (Å²) in [4.78, 5) is 17.0. The van der Waals surface area contributed by atoms with Gasteiger partial charge in [0.2, 0.25) is 5.91 Å². The Morgan fingerprint density at radius 2 is 1.88 bits per heavy atom. The molecule has 3 rings (SSSR count). The Bertz CT molecular complexity index is 991. The number of carbonyl (C=O) groups excluding carboxylic acids is 1. The van der Waals surface area contributed by atoms with E-state index in [0.717, 1.165) is 74.2 Å². The molecule has 0 atom stereocenters. The number of amides is 1. The number of hydrogen-bond acceptors (Lipinski definition) is 3. The molecule has 0 aliphatic rings. The van der Waals surface area contributed by atoms with Gasteiger partial charge < -0.3 is 14.6 Å². The van der Waals surface area contributed by atoms with Gasteiger partial charge in [-0.15, -0.1) is 0 Å². The Morgan fingerprint density at radius 1 is 1.06 bits per heavy atom. The van der Waals surface area contributed by atoms with E-state index < -0.39 is 0 Å². The summed E-state index contributed by atoms with van der Waals surface area (Å²) in [5.74, 6) is 2.37. The number of hydrogen-bond donors (Lipinski definition) is 1. The molecule has 1 aromatic heterocycles. The number of rotatable bonds is 13. The van der Waals surface area contributed by atoms with Crippen molar-refractivity contribution in [3.8, 4) is 5.75 Å². The summed E-state index contributed by atoms with van der Waals surface area (Å²) in [6.45, 7) is 8.37. The molecule has 1 amide bonds. The summed E-state index contributed by atoms with van der Waals surface area (Å²) in [5.41, 5.74) is 3.40. The number of ether oxygens (including phenoxy) is 1. The Labute approximate surface area is 192 Å². The number of fused-ring (bicyclic) bond motifs is 1. The highest BCUT2D eigenvalue weighted by Gasteiger charge is 2.13. The van der Waals surface area contributed by atoms with Gasteiger partial charge in [-0.1, -0.05) is 44.5 Å². The summed E-state index contributed by atoms with van der Waals surface area (Å²) in [6.07, 6.45) is 5.88. The quantitative estimate of drug-likeness (QED) is 0.351. The molecule has 0 spiro atoms. The zero-order valence-electron chi connectivity index (χ0n) is 19.8. The minimum atomic E-state index is 0.150. The van der Waals surface area contributed by atoms with E-state index in [1.54, 1.807) is 0 Å². The summed E-state index contributed by atoms with van der Waals surface area (Å²) in [7, 11) is 0. The van der Waals surface area contributed by atoms with Crippen molar-refractivity contribution in [1.29, 1.82) is 0 Å². The monoisotopic (exact) mass is 435 g/mol. The molecule has 0 unspecified atom stereocenters. The van der Waals surface area contributed by atoms with E-state index >= 15 is 0 Å². The van der Waals surface area contributed by atoms with Crippen molar-refractivity contribution >= 4 is 16.9 Å². The largest absolute Gasteiger partial charge is 0.492 e. The minimum Gasteiger partial charge on any atom is -0.492 e. The number of benzene rings is 2. The molecule has 1 N–H and O–H groups in total. The first-order valence-corrected chi connectivity index (χ1v) is 12.0. The van der Waals surface area contributed by atoms with Crippen LogP contribution in [0.2, 0.25) is 0 Å². The van der Waals surface area contributed by atoms with Crippen LogP contribution in [0, 0.1) is 12.8 Å². The fraction of sp³-hybridized carbons (Fsp3) is 0.481. The highest BCUT2D eigenvalue weighted by atomic mass is 16.5. The van der Waals surface area contributed by atoms with Gasteiger partial charge in [0.05, 0.1) is 17.6 Å². The predicted octanol–water partition coefficient (Wildman–Crippen LogP) is 5.69. The van der Waals surface area contributed by atoms with E-state index in [1.807, 2.05) is 18.2 Å². The lowest BCUT2D eigenvalue weighted by Crippen LogP contribution is -2.30. The van der Waals surface area contributed by atoms with Crippen molar-refractivity contribution in [3.05, 3.63) is 59.9 Å². The molecule has 0 saturated carbocycles. The first-order chi connectivity index (χ1) is 15.6. The second kappa shape index (κ2) is 12.3. The van der Waals surface area contributed by atoms with Gasteiger partial charge in [0, 0.05) is 18.9 Å². The second-order valence-corrected chi connectivity index (χ2v) is 8.45. The highest BCUT2D eigenvalue weighted by Crippen LogP contribution is 2.19. The molecule has 0 saturated heterocycles. The van der Waals surface area contributed by atoms with Crippen LogP contribution in [0.3, 0.4) is 0 Å². The van der Waals surface area contributed by atoms with Crippen LogP contribution in [-0.2, 0) is 17.8 Å². The number of aryl methyl sites for hydroxylation is 2. The first kappa shape index (κ1) is 23.8. The van der Waals surface area contributed by atoms with Gasteiger partial charge in [0.15, 0.2) is 0 Å². The van der Waals surface area contributed by atoms with Crippen molar-refractivity contribution < 1.29 is 9.53 Å². The third kappa shape index (κ3) is 6.59. The molecular weight excluding hydrogens is 398 g/mol. The maximum Gasteiger partial charge on any atom is 0.223 e. The number of aromatic nitrogens is 2. The molecule has 0 aliphatic heterocycles. The molecule has 0 radical (unpaired) electrons. The number of nitrogens with zero attached hydrogens (tertiary/aromatic N) is 2. The average molecular weight is 436 g/mol. The van der Waals surface area contributed by atoms with Crippen molar-refractivity contribution in [1.82, 2.24) is 14.9 Å². The molecule has 2 aromatic carbocycles. The Balaban J connectivity index is 1.51. The van der Waals surface area contributed by atoms with Crippen LogP contribution in [0.5, 0.6) is 5.75 Å². The van der Waals surface area contributed by atoms with Crippen molar-refractivity contribution in [2.24, 2.45) is 5.92 Å². The third-order valence-corrected chi connectivity index (χ3v) is 6.04. The predicted molar refractivity (Wildman–Crippen MR) is 131 cm³/mol. The third-order valence-electron chi connectivity index (χ3n) is 6.04. The van der Waals surface area contributed by atoms with Gasteiger partial charge in [0.25, 0.3) is 0 Å². The summed E-state index contributed by atoms with van der Waals surface area (Å²) >= 11 is 0. The van der Waals surface area contributed by atoms with Crippen molar-refractivity contribution in [3.63, 3.8) is 0 Å². The molecule has 32 heavy (non-hydrogen) atoms. The van der Waals surface area contributed by atoms with E-state index in [9.17, 15) is 4.79 Å². The fourth-order valence-electron chi connectivity index (χ4n) is 4.13. The minimum absolute atomic E-state index is 0.150. The molecular formula is C27H37N3O2. The van der Waals surface area contributed by atoms with Crippen LogP contribution in [0.1, 0.15) is 57.3 Å². The van der Waals surface area contributed by atoms with E-state index in [-0.39, 0.29) is 11.8 Å². The number of imidazole rings is 1. The van der Waals surface area contributed by atoms with Crippen LogP contribution in [0.15, 0.2) is 48.5 Å². The topological polar surface area (TPSA) is 56.2 Å². The average Bonchev–Trinajstić information content (AvgIpc) is 3.14. The Hall–Kier alpha value is -2.82. The van der Waals surface area contributed by atoms with Gasteiger partial charge in [-0.25, -0.2) is 4.98 Å². The van der Waals surface area contributed by atoms with E-state index in [1.165, 1.54) is 5.56 Å². The molecule has 5 heteroatoms. The van der Waals surface area contributed by atoms with Gasteiger partial charge in [-0.05, 0) is 62.4 Å². The number of nitrogens with one attached hydrogen (secondary N) is 1. The van der Waals surface area contributed by atoms with Crippen molar-refractivity contribution in [2.45, 2.75) is 65.8 Å². The maximum atomic E-state index is 12.1. The second-order valence-electron chi connectivity index (χ2n) is 8.45. The summed E-state index contributed by atoms with van der Waals surface area (Å²) in [5, 5.41) is 3.09. The number of unbranched alkanes of at least 4 members (excludes halogenated alkanes) is 2. The summed E-state index contributed by atoms with van der Waals surface area (Å²) < 4.78 is 8.28. The van der Waals surface area contributed by atoms with Gasteiger partial charge >= 0.3 is 0 Å². The van der Waals surface area contributed by atoms with E-state index in [2.05, 4.69) is 61.0 Å². The van der Waals surface area contributed by atoms with Crippen molar-refractivity contribution in [2.75, 3.05) is 13.2 Å². The van der Waals surface area contributed by atoms with E-state index in [4.69, 9.17) is 9.72 Å².